The Bertz CT molecular complexity index is 366. The first-order valence-corrected chi connectivity index (χ1v) is 4.67. The highest BCUT2D eigenvalue weighted by Gasteiger charge is 1.99. The summed E-state index contributed by atoms with van der Waals surface area (Å²) in [5, 5.41) is 10.5. The van der Waals surface area contributed by atoms with Crippen LogP contribution < -0.4 is 5.11 Å². The van der Waals surface area contributed by atoms with E-state index in [1.54, 1.807) is 6.92 Å². The summed E-state index contributed by atoms with van der Waals surface area (Å²) in [4.78, 5) is 10.5. The smallest absolute Gasteiger partial charge is 0.113 e. The summed E-state index contributed by atoms with van der Waals surface area (Å²) in [6.07, 6.45) is 0. The lowest BCUT2D eigenvalue weighted by molar-refractivity contribution is -0.299. The van der Waals surface area contributed by atoms with E-state index in [0.717, 1.165) is 5.56 Å². The molecule has 3 nitrogen and oxygen atoms in total. The molecule has 0 amide bonds. The van der Waals surface area contributed by atoms with Crippen molar-refractivity contribution in [3.8, 4) is 0 Å². The quantitative estimate of drug-likeness (QED) is 0.549. The van der Waals surface area contributed by atoms with Crippen LogP contribution in [0, 0.1) is 0 Å². The van der Waals surface area contributed by atoms with Gasteiger partial charge in [-0.1, -0.05) is 30.3 Å². The Kier molecular flexibility index (Phi) is 3.92. The van der Waals surface area contributed by atoms with E-state index in [-0.39, 0.29) is 5.57 Å². The summed E-state index contributed by atoms with van der Waals surface area (Å²) >= 11 is 0. The zero-order valence-electron chi connectivity index (χ0n) is 8.82. The van der Waals surface area contributed by atoms with Gasteiger partial charge in [0.05, 0.1) is 11.7 Å². The number of carboxylic acids is 1. The van der Waals surface area contributed by atoms with Crippen LogP contribution in [0.1, 0.15) is 19.4 Å². The molecule has 0 saturated heterocycles. The number of allylic oxidation sites excluding steroid dienone is 1. The number of carboxylic acid groups (broad SMARTS) is 1. The fraction of sp³-hybridized carbons (Fsp3) is 0.250. The topological polar surface area (TPSA) is 49.4 Å². The van der Waals surface area contributed by atoms with Crippen molar-refractivity contribution in [2.24, 2.45) is 0 Å². The summed E-state index contributed by atoms with van der Waals surface area (Å²) in [6.45, 7) is 3.46. The summed E-state index contributed by atoms with van der Waals surface area (Å²) in [6, 6.07) is 9.56. The molecule has 0 N–H and O–H groups in total. The van der Waals surface area contributed by atoms with Gasteiger partial charge < -0.3 is 14.6 Å². The molecule has 0 aromatic heterocycles. The number of carbonyl (C=O) groups excluding carboxylic acids is 1. The first kappa shape index (κ1) is 11.3. The zero-order valence-corrected chi connectivity index (χ0v) is 8.82. The first-order chi connectivity index (χ1) is 7.11. The summed E-state index contributed by atoms with van der Waals surface area (Å²) < 4.78 is 5.31. The molecule has 0 aliphatic heterocycles. The van der Waals surface area contributed by atoms with Gasteiger partial charge >= 0.3 is 0 Å². The Morgan fingerprint density at radius 3 is 2.40 bits per heavy atom. The van der Waals surface area contributed by atoms with E-state index in [1.807, 2.05) is 30.3 Å². The second-order valence-electron chi connectivity index (χ2n) is 3.24. The Balaban J connectivity index is 2.58. The van der Waals surface area contributed by atoms with Crippen molar-refractivity contribution in [1.29, 1.82) is 0 Å². The number of carbonyl (C=O) groups is 1. The molecule has 0 saturated carbocycles. The van der Waals surface area contributed by atoms with Crippen molar-refractivity contribution in [2.45, 2.75) is 20.5 Å². The molecule has 0 spiro atoms. The molecule has 0 heterocycles. The van der Waals surface area contributed by atoms with Crippen LogP contribution in [0.15, 0.2) is 41.7 Å². The van der Waals surface area contributed by atoms with Gasteiger partial charge in [0.1, 0.15) is 6.61 Å². The maximum absolute atomic E-state index is 10.5. The second kappa shape index (κ2) is 5.20. The monoisotopic (exact) mass is 205 g/mol. The fourth-order valence-corrected chi connectivity index (χ4v) is 1.02. The third-order valence-corrected chi connectivity index (χ3v) is 2.13. The van der Waals surface area contributed by atoms with E-state index in [4.69, 9.17) is 4.74 Å². The Morgan fingerprint density at radius 2 is 1.87 bits per heavy atom. The van der Waals surface area contributed by atoms with Crippen molar-refractivity contribution in [3.63, 3.8) is 0 Å². The summed E-state index contributed by atoms with van der Waals surface area (Å²) in [5.41, 5.74) is 1.13. The highest BCUT2D eigenvalue weighted by atomic mass is 16.5. The lowest BCUT2D eigenvalue weighted by Crippen LogP contribution is -2.24. The second-order valence-corrected chi connectivity index (χ2v) is 3.24. The van der Waals surface area contributed by atoms with Crippen LogP contribution in [-0.2, 0) is 16.1 Å². The lowest BCUT2D eigenvalue weighted by atomic mass is 10.2. The average molecular weight is 205 g/mol. The molecule has 0 atom stereocenters. The molecular weight excluding hydrogens is 192 g/mol. The van der Waals surface area contributed by atoms with E-state index >= 15 is 0 Å². The SMILES string of the molecule is C/C(OCc1ccccc1)=C(/C)C(=O)[O-]. The van der Waals surface area contributed by atoms with Crippen molar-refractivity contribution in [2.75, 3.05) is 0 Å². The number of hydrogen-bond acceptors (Lipinski definition) is 3. The van der Waals surface area contributed by atoms with Gasteiger partial charge in [-0.15, -0.1) is 0 Å². The first-order valence-electron chi connectivity index (χ1n) is 4.67. The van der Waals surface area contributed by atoms with Crippen LogP contribution >= 0.6 is 0 Å². The number of rotatable bonds is 4. The molecule has 0 aliphatic rings. The Morgan fingerprint density at radius 1 is 1.27 bits per heavy atom. The lowest BCUT2D eigenvalue weighted by Gasteiger charge is -2.10. The molecule has 80 valence electrons. The normalized spacial score (nSPS) is 11.9. The molecule has 0 bridgehead atoms. The third kappa shape index (κ3) is 3.46. The summed E-state index contributed by atoms with van der Waals surface area (Å²) in [7, 11) is 0. The van der Waals surface area contributed by atoms with Crippen LogP contribution in [0.25, 0.3) is 0 Å². The Hall–Kier alpha value is -1.77. The molecule has 3 heteroatoms. The average Bonchev–Trinajstić information content (AvgIpc) is 2.26. The van der Waals surface area contributed by atoms with E-state index < -0.39 is 5.97 Å². The maximum atomic E-state index is 10.5. The minimum Gasteiger partial charge on any atom is -0.545 e. The highest BCUT2D eigenvalue weighted by Crippen LogP contribution is 2.08. The fourth-order valence-electron chi connectivity index (χ4n) is 1.02. The van der Waals surface area contributed by atoms with Crippen molar-refractivity contribution < 1.29 is 14.6 Å². The molecule has 0 fully saturated rings. The van der Waals surface area contributed by atoms with Crippen LogP contribution in [-0.4, -0.2) is 5.97 Å². The standard InChI is InChI=1S/C12H14O3/c1-9(12(13)14)10(2)15-8-11-6-4-3-5-7-11/h3-7H,8H2,1-2H3,(H,13,14)/p-1/b10-9+. The third-order valence-electron chi connectivity index (χ3n) is 2.13. The number of aliphatic carboxylic acids is 1. The molecule has 1 aromatic rings. The van der Waals surface area contributed by atoms with Gasteiger partial charge in [-0.05, 0) is 19.4 Å². The van der Waals surface area contributed by atoms with Crippen LogP contribution in [0.3, 0.4) is 0 Å². The van der Waals surface area contributed by atoms with E-state index in [1.165, 1.54) is 6.92 Å². The van der Waals surface area contributed by atoms with Gasteiger partial charge in [0.25, 0.3) is 0 Å². The molecule has 15 heavy (non-hydrogen) atoms. The minimum atomic E-state index is -1.19. The molecule has 1 rings (SSSR count). The number of hydrogen-bond donors (Lipinski definition) is 0. The van der Waals surface area contributed by atoms with E-state index in [9.17, 15) is 9.90 Å². The van der Waals surface area contributed by atoms with Gasteiger partial charge in [-0.2, -0.15) is 0 Å². The number of ether oxygens (including phenoxy) is 1. The molecular formula is C12H13O3-. The van der Waals surface area contributed by atoms with Crippen molar-refractivity contribution in [3.05, 3.63) is 47.2 Å². The van der Waals surface area contributed by atoms with Gasteiger partial charge in [0.2, 0.25) is 0 Å². The van der Waals surface area contributed by atoms with Crippen LogP contribution in [0.2, 0.25) is 0 Å². The van der Waals surface area contributed by atoms with E-state index in [2.05, 4.69) is 0 Å². The highest BCUT2D eigenvalue weighted by molar-refractivity contribution is 5.84. The zero-order chi connectivity index (χ0) is 11.3. The van der Waals surface area contributed by atoms with Gasteiger partial charge in [-0.25, -0.2) is 0 Å². The molecule has 1 aromatic carbocycles. The maximum Gasteiger partial charge on any atom is 0.113 e. The van der Waals surface area contributed by atoms with Gasteiger partial charge in [0, 0.05) is 5.57 Å². The predicted molar refractivity (Wildman–Crippen MR) is 54.6 cm³/mol. The largest absolute Gasteiger partial charge is 0.545 e. The van der Waals surface area contributed by atoms with Gasteiger partial charge in [-0.3, -0.25) is 0 Å². The van der Waals surface area contributed by atoms with Crippen LogP contribution in [0.4, 0.5) is 0 Å². The minimum absolute atomic E-state index is 0.130. The van der Waals surface area contributed by atoms with Crippen molar-refractivity contribution >= 4 is 5.97 Å². The van der Waals surface area contributed by atoms with Gasteiger partial charge in [0.15, 0.2) is 0 Å². The predicted octanol–water partition coefficient (Wildman–Crippen LogP) is 1.25. The molecule has 0 aliphatic carbocycles. The van der Waals surface area contributed by atoms with E-state index in [0.29, 0.717) is 12.4 Å². The molecule has 0 radical (unpaired) electrons. The van der Waals surface area contributed by atoms with Crippen LogP contribution in [0.5, 0.6) is 0 Å². The Labute approximate surface area is 89.0 Å². The summed E-state index contributed by atoms with van der Waals surface area (Å²) in [5.74, 6) is -0.806. The van der Waals surface area contributed by atoms with Crippen molar-refractivity contribution in [1.82, 2.24) is 0 Å². The molecule has 0 unspecified atom stereocenters. The number of benzene rings is 1.